The number of benzene rings is 1. The van der Waals surface area contributed by atoms with Crippen LogP contribution in [0.4, 0.5) is 5.69 Å². The topological polar surface area (TPSA) is 48.8 Å². The molecular weight excluding hydrogens is 384 g/mol. The maximum absolute atomic E-state index is 12.5. The quantitative estimate of drug-likeness (QED) is 0.764. The van der Waals surface area contributed by atoms with Crippen molar-refractivity contribution in [1.29, 1.82) is 0 Å². The second kappa shape index (κ2) is 7.63. The largest absolute Gasteiger partial charge is 0.365 e. The Kier molecular flexibility index (Phi) is 4.62. The van der Waals surface area contributed by atoms with Crippen molar-refractivity contribution in [2.75, 3.05) is 24.5 Å². The summed E-state index contributed by atoms with van der Waals surface area (Å²) in [4.78, 5) is 26.2. The number of allylic oxidation sites excluding steroid dienone is 1. The predicted octanol–water partition coefficient (Wildman–Crippen LogP) is 3.95. The van der Waals surface area contributed by atoms with Gasteiger partial charge in [0.2, 0.25) is 5.91 Å². The number of piperazine rings is 1. The summed E-state index contributed by atoms with van der Waals surface area (Å²) < 4.78 is 0. The third-order valence-electron chi connectivity index (χ3n) is 7.13. The lowest BCUT2D eigenvalue weighted by atomic mass is 9.95. The lowest BCUT2D eigenvalue weighted by molar-refractivity contribution is -0.133. The summed E-state index contributed by atoms with van der Waals surface area (Å²) in [6.07, 6.45) is 11.5. The lowest BCUT2D eigenvalue weighted by Gasteiger charge is -2.35. The van der Waals surface area contributed by atoms with Gasteiger partial charge in [0.1, 0.15) is 0 Å². The van der Waals surface area contributed by atoms with Crippen LogP contribution in [0, 0.1) is 5.92 Å². The molecule has 4 heterocycles. The Bertz CT molecular complexity index is 1040. The molecule has 5 heteroatoms. The number of pyridine rings is 1. The molecule has 4 aliphatic rings. The molecular formula is C26H28N4O. The molecule has 3 aliphatic heterocycles. The van der Waals surface area contributed by atoms with Crippen LogP contribution in [0.2, 0.25) is 0 Å². The number of aromatic nitrogens is 1. The molecule has 1 aromatic heterocycles. The Labute approximate surface area is 183 Å². The molecule has 1 aromatic carbocycles. The highest BCUT2D eigenvalue weighted by Gasteiger charge is 2.48. The zero-order chi connectivity index (χ0) is 20.8. The van der Waals surface area contributed by atoms with E-state index in [1.54, 1.807) is 6.20 Å². The highest BCUT2D eigenvalue weighted by molar-refractivity contribution is 6.15. The van der Waals surface area contributed by atoms with Crippen LogP contribution in [0.3, 0.4) is 0 Å². The molecule has 0 unspecified atom stereocenters. The molecule has 1 saturated carbocycles. The Morgan fingerprint density at radius 2 is 1.94 bits per heavy atom. The van der Waals surface area contributed by atoms with Gasteiger partial charge in [-0.2, -0.15) is 0 Å². The minimum atomic E-state index is 0.333. The van der Waals surface area contributed by atoms with Crippen molar-refractivity contribution >= 4 is 23.4 Å². The zero-order valence-corrected chi connectivity index (χ0v) is 17.8. The smallest absolute Gasteiger partial charge is 0.226 e. The van der Waals surface area contributed by atoms with Gasteiger partial charge in [0.25, 0.3) is 0 Å². The van der Waals surface area contributed by atoms with E-state index >= 15 is 0 Å². The van der Waals surface area contributed by atoms with Crippen LogP contribution in [-0.2, 0) is 4.79 Å². The molecule has 3 fully saturated rings. The fraction of sp³-hybridized carbons (Fsp3) is 0.423. The molecule has 2 atom stereocenters. The van der Waals surface area contributed by atoms with Crippen molar-refractivity contribution < 1.29 is 4.79 Å². The van der Waals surface area contributed by atoms with Crippen molar-refractivity contribution in [3.63, 3.8) is 0 Å². The van der Waals surface area contributed by atoms with Crippen molar-refractivity contribution in [3.05, 3.63) is 65.5 Å². The van der Waals surface area contributed by atoms with Gasteiger partial charge in [0, 0.05) is 55.2 Å². The molecule has 2 bridgehead atoms. The SMILES string of the molecule is O=C(C1CC1)N1C[C@@H]2C[C@H]1CN2c1ccc(/C=C2\CCCN=C2c2cccnc2)cc1. The molecule has 0 spiro atoms. The molecule has 5 nitrogen and oxygen atoms in total. The third-order valence-corrected chi connectivity index (χ3v) is 7.13. The Morgan fingerprint density at radius 1 is 1.06 bits per heavy atom. The molecule has 0 radical (unpaired) electrons. The van der Waals surface area contributed by atoms with Gasteiger partial charge in [-0.15, -0.1) is 0 Å². The number of likely N-dealkylation sites (tertiary alicyclic amines) is 1. The minimum absolute atomic E-state index is 0.333. The third kappa shape index (κ3) is 3.56. The Balaban J connectivity index is 1.17. The summed E-state index contributed by atoms with van der Waals surface area (Å²) in [6.45, 7) is 2.76. The predicted molar refractivity (Wildman–Crippen MR) is 123 cm³/mol. The fourth-order valence-electron chi connectivity index (χ4n) is 5.38. The maximum Gasteiger partial charge on any atom is 0.226 e. The van der Waals surface area contributed by atoms with E-state index in [4.69, 9.17) is 4.99 Å². The van der Waals surface area contributed by atoms with Crippen LogP contribution in [0.5, 0.6) is 0 Å². The summed E-state index contributed by atoms with van der Waals surface area (Å²) in [5.41, 5.74) is 5.97. The number of amides is 1. The number of hydrogen-bond donors (Lipinski definition) is 0. The second-order valence-electron chi connectivity index (χ2n) is 9.30. The maximum atomic E-state index is 12.5. The molecule has 31 heavy (non-hydrogen) atoms. The van der Waals surface area contributed by atoms with Gasteiger partial charge in [-0.3, -0.25) is 14.8 Å². The average Bonchev–Trinajstić information content (AvgIpc) is 3.48. The second-order valence-corrected chi connectivity index (χ2v) is 9.30. The van der Waals surface area contributed by atoms with E-state index < -0.39 is 0 Å². The average molecular weight is 413 g/mol. The highest BCUT2D eigenvalue weighted by Crippen LogP contribution is 2.39. The van der Waals surface area contributed by atoms with Gasteiger partial charge < -0.3 is 9.80 Å². The number of fused-ring (bicyclic) bond motifs is 2. The first-order valence-electron chi connectivity index (χ1n) is 11.6. The lowest BCUT2D eigenvalue weighted by Crippen LogP contribution is -2.49. The highest BCUT2D eigenvalue weighted by atomic mass is 16.2. The first-order valence-corrected chi connectivity index (χ1v) is 11.6. The van der Waals surface area contributed by atoms with Gasteiger partial charge >= 0.3 is 0 Å². The van der Waals surface area contributed by atoms with Gasteiger partial charge in [0.15, 0.2) is 0 Å². The van der Waals surface area contributed by atoms with E-state index in [2.05, 4.69) is 51.2 Å². The van der Waals surface area contributed by atoms with Crippen molar-refractivity contribution in [1.82, 2.24) is 9.88 Å². The number of rotatable bonds is 4. The summed E-state index contributed by atoms with van der Waals surface area (Å²) in [5, 5.41) is 0. The van der Waals surface area contributed by atoms with E-state index in [-0.39, 0.29) is 0 Å². The zero-order valence-electron chi connectivity index (χ0n) is 17.8. The first kappa shape index (κ1) is 18.8. The van der Waals surface area contributed by atoms with E-state index in [1.807, 2.05) is 12.3 Å². The van der Waals surface area contributed by atoms with E-state index in [0.29, 0.717) is 23.9 Å². The first-order chi connectivity index (χ1) is 15.3. The van der Waals surface area contributed by atoms with Crippen molar-refractivity contribution in [2.45, 2.75) is 44.2 Å². The Hall–Kier alpha value is -2.95. The normalized spacial score (nSPS) is 26.5. The van der Waals surface area contributed by atoms with Crippen molar-refractivity contribution in [3.8, 4) is 0 Å². The van der Waals surface area contributed by atoms with E-state index in [1.165, 1.54) is 16.8 Å². The number of hydrogen-bond acceptors (Lipinski definition) is 4. The van der Waals surface area contributed by atoms with Crippen LogP contribution >= 0.6 is 0 Å². The number of aliphatic imine (C=N–C) groups is 1. The number of anilines is 1. The Morgan fingerprint density at radius 3 is 2.65 bits per heavy atom. The van der Waals surface area contributed by atoms with E-state index in [9.17, 15) is 4.79 Å². The summed E-state index contributed by atoms with van der Waals surface area (Å²) >= 11 is 0. The van der Waals surface area contributed by atoms with Gasteiger partial charge in [-0.05, 0) is 73.6 Å². The van der Waals surface area contributed by atoms with Crippen LogP contribution in [-0.4, -0.2) is 53.2 Å². The van der Waals surface area contributed by atoms with Crippen LogP contribution < -0.4 is 4.90 Å². The molecule has 158 valence electrons. The molecule has 1 amide bonds. The summed E-state index contributed by atoms with van der Waals surface area (Å²) in [7, 11) is 0. The van der Waals surface area contributed by atoms with Gasteiger partial charge in [0.05, 0.1) is 11.8 Å². The molecule has 1 aliphatic carbocycles. The number of carbonyl (C=O) groups is 1. The fourth-order valence-corrected chi connectivity index (χ4v) is 5.38. The van der Waals surface area contributed by atoms with E-state index in [0.717, 1.165) is 63.0 Å². The summed E-state index contributed by atoms with van der Waals surface area (Å²) in [6, 6.07) is 13.9. The number of carbonyl (C=O) groups excluding carboxylic acids is 1. The van der Waals surface area contributed by atoms with Crippen molar-refractivity contribution in [2.24, 2.45) is 10.9 Å². The minimum Gasteiger partial charge on any atom is -0.365 e. The molecule has 2 aromatic rings. The summed E-state index contributed by atoms with van der Waals surface area (Å²) in [5.74, 6) is 0.743. The van der Waals surface area contributed by atoms with Gasteiger partial charge in [-0.25, -0.2) is 0 Å². The monoisotopic (exact) mass is 412 g/mol. The van der Waals surface area contributed by atoms with Crippen LogP contribution in [0.25, 0.3) is 6.08 Å². The van der Waals surface area contributed by atoms with Gasteiger partial charge in [-0.1, -0.05) is 12.1 Å². The number of nitrogens with zero attached hydrogens (tertiary/aromatic N) is 4. The molecule has 6 rings (SSSR count). The molecule has 2 saturated heterocycles. The van der Waals surface area contributed by atoms with Crippen LogP contribution in [0.15, 0.2) is 59.4 Å². The molecule has 0 N–H and O–H groups in total. The standard InChI is InChI=1S/C26H28N4O/c31-26(19-7-8-19)30-17-23-14-24(30)16-29(23)22-9-5-18(6-10-22)13-20-3-2-12-28-25(20)21-4-1-11-27-15-21/h1,4-6,9-11,13,15,19,23-24H,2-3,7-8,12,14,16-17H2/b20-13+/t23-,24-/m0/s1. The van der Waals surface area contributed by atoms with Crippen LogP contribution in [0.1, 0.15) is 43.2 Å².